The van der Waals surface area contributed by atoms with E-state index in [9.17, 15) is 4.79 Å². The highest BCUT2D eigenvalue weighted by atomic mass is 16.5. The fourth-order valence-corrected chi connectivity index (χ4v) is 3.39. The van der Waals surface area contributed by atoms with Gasteiger partial charge in [-0.2, -0.15) is 4.98 Å². The van der Waals surface area contributed by atoms with Crippen molar-refractivity contribution in [1.82, 2.24) is 20.8 Å². The average molecular weight is 378 g/mol. The Morgan fingerprint density at radius 1 is 1.25 bits per heavy atom. The zero-order valence-electron chi connectivity index (χ0n) is 15.6. The van der Waals surface area contributed by atoms with Gasteiger partial charge in [-0.3, -0.25) is 4.79 Å². The summed E-state index contributed by atoms with van der Waals surface area (Å²) in [6.07, 6.45) is 1.01. The first-order valence-electron chi connectivity index (χ1n) is 9.31. The Morgan fingerprint density at radius 3 is 2.93 bits per heavy atom. The maximum atomic E-state index is 12.8. The van der Waals surface area contributed by atoms with Gasteiger partial charge in [0.15, 0.2) is 6.61 Å². The zero-order valence-corrected chi connectivity index (χ0v) is 15.6. The van der Waals surface area contributed by atoms with Crippen molar-refractivity contribution in [2.24, 2.45) is 0 Å². The van der Waals surface area contributed by atoms with E-state index in [1.54, 1.807) is 19.1 Å². The van der Waals surface area contributed by atoms with E-state index in [1.165, 1.54) is 11.1 Å². The van der Waals surface area contributed by atoms with E-state index in [2.05, 4.69) is 39.0 Å². The van der Waals surface area contributed by atoms with Crippen LogP contribution in [0.3, 0.4) is 0 Å². The molecular weight excluding hydrogens is 356 g/mol. The molecule has 1 unspecified atom stereocenters. The largest absolute Gasteiger partial charge is 0.485 e. The SMILES string of the molecule is Cc1nc(COc2ccccc2C(=O)NCC2NCCc3ccccc32)no1. The van der Waals surface area contributed by atoms with E-state index in [1.807, 2.05) is 18.2 Å². The number of aryl methyl sites for hydroxylation is 1. The highest BCUT2D eigenvalue weighted by molar-refractivity contribution is 5.96. The maximum absolute atomic E-state index is 12.8. The number of hydrogen-bond donors (Lipinski definition) is 2. The van der Waals surface area contributed by atoms with E-state index >= 15 is 0 Å². The fraction of sp³-hybridized carbons (Fsp3) is 0.286. The van der Waals surface area contributed by atoms with Crippen LogP contribution in [0.25, 0.3) is 0 Å². The predicted molar refractivity (Wildman–Crippen MR) is 103 cm³/mol. The van der Waals surface area contributed by atoms with Crippen molar-refractivity contribution in [2.45, 2.75) is 26.0 Å². The Labute approximate surface area is 163 Å². The van der Waals surface area contributed by atoms with Crippen LogP contribution in [0.2, 0.25) is 0 Å². The van der Waals surface area contributed by atoms with Gasteiger partial charge in [-0.05, 0) is 36.2 Å². The zero-order chi connectivity index (χ0) is 19.3. The van der Waals surface area contributed by atoms with Gasteiger partial charge < -0.3 is 19.9 Å². The molecular formula is C21H22N4O3. The molecule has 7 nitrogen and oxygen atoms in total. The Hall–Kier alpha value is -3.19. The van der Waals surface area contributed by atoms with Crippen molar-refractivity contribution in [3.63, 3.8) is 0 Å². The van der Waals surface area contributed by atoms with Gasteiger partial charge in [0, 0.05) is 19.5 Å². The topological polar surface area (TPSA) is 89.3 Å². The molecule has 0 fully saturated rings. The molecule has 0 radical (unpaired) electrons. The van der Waals surface area contributed by atoms with Crippen molar-refractivity contribution >= 4 is 5.91 Å². The lowest BCUT2D eigenvalue weighted by Crippen LogP contribution is -2.38. The van der Waals surface area contributed by atoms with Gasteiger partial charge >= 0.3 is 0 Å². The number of carbonyl (C=O) groups excluding carboxylic acids is 1. The highest BCUT2D eigenvalue weighted by Gasteiger charge is 2.21. The summed E-state index contributed by atoms with van der Waals surface area (Å²) in [6.45, 7) is 3.27. The molecule has 2 N–H and O–H groups in total. The quantitative estimate of drug-likeness (QED) is 0.685. The first-order chi connectivity index (χ1) is 13.7. The molecule has 0 bridgehead atoms. The summed E-state index contributed by atoms with van der Waals surface area (Å²) in [4.78, 5) is 16.9. The van der Waals surface area contributed by atoms with Crippen molar-refractivity contribution < 1.29 is 14.1 Å². The molecule has 2 aromatic carbocycles. The minimum Gasteiger partial charge on any atom is -0.485 e. The lowest BCUT2D eigenvalue weighted by Gasteiger charge is -2.27. The van der Waals surface area contributed by atoms with Crippen LogP contribution >= 0.6 is 0 Å². The van der Waals surface area contributed by atoms with E-state index in [-0.39, 0.29) is 18.6 Å². The third-order valence-corrected chi connectivity index (χ3v) is 4.74. The molecule has 0 saturated heterocycles. The molecule has 1 aliphatic rings. The number of nitrogens with zero attached hydrogens (tertiary/aromatic N) is 2. The second kappa shape index (κ2) is 8.22. The van der Waals surface area contributed by atoms with Crippen LogP contribution in [0.15, 0.2) is 53.1 Å². The summed E-state index contributed by atoms with van der Waals surface area (Å²) in [5.41, 5.74) is 3.05. The fourth-order valence-electron chi connectivity index (χ4n) is 3.39. The van der Waals surface area contributed by atoms with Gasteiger partial charge in [0.05, 0.1) is 5.56 Å². The lowest BCUT2D eigenvalue weighted by atomic mass is 9.94. The number of aromatic nitrogens is 2. The molecule has 2 heterocycles. The van der Waals surface area contributed by atoms with Crippen LogP contribution in [0.4, 0.5) is 0 Å². The van der Waals surface area contributed by atoms with Gasteiger partial charge in [0.25, 0.3) is 5.91 Å². The third-order valence-electron chi connectivity index (χ3n) is 4.74. The highest BCUT2D eigenvalue weighted by Crippen LogP contribution is 2.23. The Bertz CT molecular complexity index is 970. The van der Waals surface area contributed by atoms with E-state index in [0.717, 1.165) is 13.0 Å². The molecule has 1 aliphatic heterocycles. The number of para-hydroxylation sites is 1. The monoisotopic (exact) mass is 378 g/mol. The van der Waals surface area contributed by atoms with E-state index in [4.69, 9.17) is 9.26 Å². The summed E-state index contributed by atoms with van der Waals surface area (Å²) < 4.78 is 10.7. The van der Waals surface area contributed by atoms with Gasteiger partial charge in [-0.1, -0.05) is 41.6 Å². The second-order valence-electron chi connectivity index (χ2n) is 6.68. The summed E-state index contributed by atoms with van der Waals surface area (Å²) in [6, 6.07) is 15.6. The molecule has 1 aromatic heterocycles. The number of fused-ring (bicyclic) bond motifs is 1. The van der Waals surface area contributed by atoms with Crippen LogP contribution in [0, 0.1) is 6.92 Å². The molecule has 4 rings (SSSR count). The van der Waals surface area contributed by atoms with Crippen molar-refractivity contribution in [3.8, 4) is 5.75 Å². The van der Waals surface area contributed by atoms with Gasteiger partial charge in [-0.15, -0.1) is 0 Å². The van der Waals surface area contributed by atoms with E-state index in [0.29, 0.717) is 29.6 Å². The lowest BCUT2D eigenvalue weighted by molar-refractivity contribution is 0.0944. The van der Waals surface area contributed by atoms with Gasteiger partial charge in [0.2, 0.25) is 11.7 Å². The molecule has 1 atom stereocenters. The molecule has 144 valence electrons. The molecule has 0 spiro atoms. The third kappa shape index (κ3) is 4.04. The van der Waals surface area contributed by atoms with Crippen molar-refractivity contribution in [1.29, 1.82) is 0 Å². The first-order valence-corrected chi connectivity index (χ1v) is 9.31. The number of ether oxygens (including phenoxy) is 1. The summed E-state index contributed by atoms with van der Waals surface area (Å²) >= 11 is 0. The number of nitrogens with one attached hydrogen (secondary N) is 2. The van der Waals surface area contributed by atoms with Gasteiger partial charge in [0.1, 0.15) is 5.75 Å². The first kappa shape index (κ1) is 18.2. The Balaban J connectivity index is 1.41. The minimum atomic E-state index is -0.176. The minimum absolute atomic E-state index is 0.101. The number of hydrogen-bond acceptors (Lipinski definition) is 6. The van der Waals surface area contributed by atoms with Crippen LogP contribution in [-0.4, -0.2) is 29.1 Å². The number of carbonyl (C=O) groups is 1. The molecule has 0 saturated carbocycles. The molecule has 28 heavy (non-hydrogen) atoms. The van der Waals surface area contributed by atoms with Crippen LogP contribution in [0.5, 0.6) is 5.75 Å². The molecule has 0 aliphatic carbocycles. The Morgan fingerprint density at radius 2 is 2.07 bits per heavy atom. The maximum Gasteiger partial charge on any atom is 0.255 e. The van der Waals surface area contributed by atoms with Gasteiger partial charge in [-0.25, -0.2) is 0 Å². The van der Waals surface area contributed by atoms with Crippen LogP contribution < -0.4 is 15.4 Å². The summed E-state index contributed by atoms with van der Waals surface area (Å²) in [5, 5.41) is 10.3. The van der Waals surface area contributed by atoms with Crippen LogP contribution in [-0.2, 0) is 13.0 Å². The summed E-state index contributed by atoms with van der Waals surface area (Å²) in [5.74, 6) is 1.23. The van der Waals surface area contributed by atoms with E-state index < -0.39 is 0 Å². The normalized spacial score (nSPS) is 15.7. The Kier molecular flexibility index (Phi) is 5.34. The van der Waals surface area contributed by atoms with Crippen LogP contribution in [0.1, 0.15) is 39.2 Å². The molecule has 7 heteroatoms. The summed E-state index contributed by atoms with van der Waals surface area (Å²) in [7, 11) is 0. The van der Waals surface area contributed by atoms with Crippen molar-refractivity contribution in [2.75, 3.05) is 13.1 Å². The smallest absolute Gasteiger partial charge is 0.255 e. The van der Waals surface area contributed by atoms with Crippen molar-refractivity contribution in [3.05, 3.63) is 76.9 Å². The number of amides is 1. The molecule has 3 aromatic rings. The molecule has 1 amide bonds. The average Bonchev–Trinajstić information content (AvgIpc) is 3.16. The number of rotatable bonds is 6. The predicted octanol–water partition coefficient (Wildman–Crippen LogP) is 2.57. The number of benzene rings is 2. The standard InChI is InChI=1S/C21H22N4O3/c1-14-24-20(25-28-14)13-27-19-9-5-4-8-17(19)21(26)23-12-18-16-7-3-2-6-15(16)10-11-22-18/h2-9,18,22H,10-13H2,1H3,(H,23,26). The second-order valence-corrected chi connectivity index (χ2v) is 6.68.